The molecule has 0 bridgehead atoms. The molecular weight excluding hydrogens is 386 g/mol. The lowest BCUT2D eigenvalue weighted by Crippen LogP contribution is -2.30. The number of amides is 1. The fraction of sp³-hybridized carbons (Fsp3) is 0.364. The van der Waals surface area contributed by atoms with E-state index in [0.29, 0.717) is 31.3 Å². The summed E-state index contributed by atoms with van der Waals surface area (Å²) in [5, 5.41) is 2.76. The van der Waals surface area contributed by atoms with E-state index in [1.807, 2.05) is 18.2 Å². The maximum absolute atomic E-state index is 12.3. The molecule has 2 aromatic heterocycles. The number of carbonyl (C=O) groups excluding carboxylic acids is 1. The van der Waals surface area contributed by atoms with E-state index in [1.165, 1.54) is 6.26 Å². The molecule has 0 radical (unpaired) electrons. The van der Waals surface area contributed by atoms with Crippen LogP contribution < -0.4 is 14.8 Å². The lowest BCUT2D eigenvalue weighted by molar-refractivity contribution is 0.0943. The van der Waals surface area contributed by atoms with Crippen molar-refractivity contribution in [3.8, 4) is 11.5 Å². The topological polar surface area (TPSA) is 90.0 Å². The summed E-state index contributed by atoms with van der Waals surface area (Å²) in [6.07, 6.45) is 2.94. The van der Waals surface area contributed by atoms with Gasteiger partial charge in [-0.25, -0.2) is 4.98 Å². The molecule has 0 aliphatic carbocycles. The zero-order valence-corrected chi connectivity index (χ0v) is 17.7. The fourth-order valence-electron chi connectivity index (χ4n) is 2.98. The smallest absolute Gasteiger partial charge is 0.273 e. The molecule has 3 aromatic rings. The third-order valence-electron chi connectivity index (χ3n) is 4.72. The predicted molar refractivity (Wildman–Crippen MR) is 110 cm³/mol. The predicted octanol–water partition coefficient (Wildman–Crippen LogP) is 3.63. The van der Waals surface area contributed by atoms with E-state index in [4.69, 9.17) is 18.3 Å². The molecule has 0 spiro atoms. The van der Waals surface area contributed by atoms with Crippen molar-refractivity contribution in [2.45, 2.75) is 39.5 Å². The second-order valence-electron chi connectivity index (χ2n) is 7.07. The third kappa shape index (κ3) is 5.42. The Morgan fingerprint density at radius 3 is 2.67 bits per heavy atom. The maximum Gasteiger partial charge on any atom is 0.273 e. The first-order valence-electron chi connectivity index (χ1n) is 9.70. The van der Waals surface area contributed by atoms with Crippen LogP contribution in [0.2, 0.25) is 0 Å². The van der Waals surface area contributed by atoms with Gasteiger partial charge in [0.1, 0.15) is 23.5 Å². The number of nitrogens with one attached hydrogen (secondary N) is 1. The minimum atomic E-state index is -0.313. The quantitative estimate of drug-likeness (QED) is 0.543. The van der Waals surface area contributed by atoms with Gasteiger partial charge in [0.25, 0.3) is 5.91 Å². The summed E-state index contributed by atoms with van der Waals surface area (Å²) in [5.74, 6) is 2.37. The molecule has 8 nitrogen and oxygen atoms in total. The minimum Gasteiger partial charge on any atom is -0.497 e. The van der Waals surface area contributed by atoms with Crippen LogP contribution in [0, 0.1) is 0 Å². The Hall–Kier alpha value is -3.26. The molecule has 0 fully saturated rings. The second-order valence-corrected chi connectivity index (χ2v) is 7.07. The van der Waals surface area contributed by atoms with Gasteiger partial charge in [-0.2, -0.15) is 0 Å². The number of hydrogen-bond donors (Lipinski definition) is 1. The van der Waals surface area contributed by atoms with Crippen LogP contribution in [0.4, 0.5) is 0 Å². The average Bonchev–Trinajstić information content (AvgIpc) is 3.43. The van der Waals surface area contributed by atoms with Crippen molar-refractivity contribution in [3.63, 3.8) is 0 Å². The molecule has 30 heavy (non-hydrogen) atoms. The molecule has 160 valence electrons. The number of rotatable bonds is 10. The Balaban J connectivity index is 1.66. The van der Waals surface area contributed by atoms with E-state index in [9.17, 15) is 4.79 Å². The summed E-state index contributed by atoms with van der Waals surface area (Å²) >= 11 is 0. The van der Waals surface area contributed by atoms with Crippen LogP contribution in [-0.4, -0.2) is 36.1 Å². The van der Waals surface area contributed by atoms with Crippen LogP contribution in [0.5, 0.6) is 11.5 Å². The molecule has 3 rings (SSSR count). The molecule has 0 aliphatic rings. The summed E-state index contributed by atoms with van der Waals surface area (Å²) in [4.78, 5) is 18.8. The van der Waals surface area contributed by atoms with Gasteiger partial charge in [-0.05, 0) is 44.2 Å². The van der Waals surface area contributed by atoms with Gasteiger partial charge >= 0.3 is 0 Å². The van der Waals surface area contributed by atoms with Gasteiger partial charge < -0.3 is 23.6 Å². The van der Waals surface area contributed by atoms with Gasteiger partial charge in [-0.15, -0.1) is 0 Å². The first-order chi connectivity index (χ1) is 14.5. The van der Waals surface area contributed by atoms with Crippen molar-refractivity contribution < 1.29 is 23.1 Å². The molecule has 8 heteroatoms. The Morgan fingerprint density at radius 1 is 1.17 bits per heavy atom. The largest absolute Gasteiger partial charge is 0.497 e. The van der Waals surface area contributed by atoms with Crippen molar-refractivity contribution in [3.05, 3.63) is 65.8 Å². The van der Waals surface area contributed by atoms with Crippen LogP contribution in [0.1, 0.15) is 41.6 Å². The highest BCUT2D eigenvalue weighted by molar-refractivity contribution is 5.91. The average molecular weight is 413 g/mol. The summed E-state index contributed by atoms with van der Waals surface area (Å²) < 4.78 is 21.6. The molecule has 0 aliphatic heterocycles. The number of methoxy groups -OCH3 is 2. The number of oxazole rings is 1. The molecule has 0 saturated heterocycles. The van der Waals surface area contributed by atoms with E-state index in [1.54, 1.807) is 32.6 Å². The molecule has 1 amide bonds. The molecule has 1 aromatic carbocycles. The normalized spacial score (nSPS) is 11.1. The summed E-state index contributed by atoms with van der Waals surface area (Å²) in [5.41, 5.74) is 1.23. The van der Waals surface area contributed by atoms with E-state index >= 15 is 0 Å². The molecule has 0 saturated carbocycles. The van der Waals surface area contributed by atoms with E-state index in [2.05, 4.69) is 29.0 Å². The zero-order valence-electron chi connectivity index (χ0n) is 17.7. The van der Waals surface area contributed by atoms with E-state index < -0.39 is 0 Å². The highest BCUT2D eigenvalue weighted by Gasteiger charge is 2.19. The van der Waals surface area contributed by atoms with Crippen molar-refractivity contribution in [1.29, 1.82) is 0 Å². The molecule has 0 unspecified atom stereocenters. The Morgan fingerprint density at radius 2 is 2.00 bits per heavy atom. The number of nitrogens with zero attached hydrogens (tertiary/aromatic N) is 2. The van der Waals surface area contributed by atoms with Gasteiger partial charge in [0.15, 0.2) is 5.69 Å². The lowest BCUT2D eigenvalue weighted by atomic mass is 10.1. The Kier molecular flexibility index (Phi) is 7.13. The molecular formula is C22H27N3O5. The molecule has 0 atom stereocenters. The number of ether oxygens (including phenoxy) is 2. The number of aromatic nitrogens is 1. The highest BCUT2D eigenvalue weighted by Crippen LogP contribution is 2.26. The van der Waals surface area contributed by atoms with Gasteiger partial charge in [0.2, 0.25) is 5.89 Å². The van der Waals surface area contributed by atoms with Crippen LogP contribution in [0.15, 0.2) is 51.7 Å². The third-order valence-corrected chi connectivity index (χ3v) is 4.72. The summed E-state index contributed by atoms with van der Waals surface area (Å²) in [6, 6.07) is 9.49. The summed E-state index contributed by atoms with van der Waals surface area (Å²) in [6.45, 7) is 5.53. The van der Waals surface area contributed by atoms with Crippen LogP contribution >= 0.6 is 0 Å². The van der Waals surface area contributed by atoms with E-state index in [-0.39, 0.29) is 17.6 Å². The minimum absolute atomic E-state index is 0.212. The molecule has 2 heterocycles. The van der Waals surface area contributed by atoms with Crippen molar-refractivity contribution >= 4 is 5.91 Å². The van der Waals surface area contributed by atoms with E-state index in [0.717, 1.165) is 17.1 Å². The lowest BCUT2D eigenvalue weighted by Gasteiger charge is -2.26. The number of carbonyl (C=O) groups is 1. The highest BCUT2D eigenvalue weighted by atomic mass is 16.5. The van der Waals surface area contributed by atoms with Gasteiger partial charge in [-0.3, -0.25) is 9.69 Å². The van der Waals surface area contributed by atoms with Gasteiger partial charge in [0, 0.05) is 18.2 Å². The Bertz CT molecular complexity index is 950. The first kappa shape index (κ1) is 21.4. The zero-order chi connectivity index (χ0) is 21.5. The van der Waals surface area contributed by atoms with Crippen molar-refractivity contribution in [1.82, 2.24) is 15.2 Å². The second kappa shape index (κ2) is 9.98. The fourth-order valence-corrected chi connectivity index (χ4v) is 2.98. The van der Waals surface area contributed by atoms with Crippen molar-refractivity contribution in [2.24, 2.45) is 0 Å². The standard InChI is InChI=1S/C22H27N3O5/c1-15(2)25(12-16-10-17(27-3)7-8-20(16)28-4)13-21-24-19(14-30-21)22(26)23-11-18-6-5-9-29-18/h5-10,14-15H,11-13H2,1-4H3,(H,23,26). The van der Waals surface area contributed by atoms with Crippen molar-refractivity contribution in [2.75, 3.05) is 14.2 Å². The van der Waals surface area contributed by atoms with Gasteiger partial charge in [-0.1, -0.05) is 0 Å². The van der Waals surface area contributed by atoms with Crippen LogP contribution in [0.3, 0.4) is 0 Å². The number of hydrogen-bond acceptors (Lipinski definition) is 7. The first-order valence-corrected chi connectivity index (χ1v) is 9.70. The van der Waals surface area contributed by atoms with Crippen LogP contribution in [0.25, 0.3) is 0 Å². The van der Waals surface area contributed by atoms with Crippen LogP contribution in [-0.2, 0) is 19.6 Å². The number of furan rings is 1. The monoisotopic (exact) mass is 413 g/mol. The number of benzene rings is 1. The maximum atomic E-state index is 12.3. The SMILES string of the molecule is COc1ccc(OC)c(CN(Cc2nc(C(=O)NCc3ccco3)co2)C(C)C)c1. The summed E-state index contributed by atoms with van der Waals surface area (Å²) in [7, 11) is 3.28. The Labute approximate surface area is 175 Å². The van der Waals surface area contributed by atoms with Gasteiger partial charge in [0.05, 0.1) is 33.6 Å². The molecule has 1 N–H and O–H groups in total.